The van der Waals surface area contributed by atoms with E-state index in [1.54, 1.807) is 0 Å². The maximum absolute atomic E-state index is 12.6. The van der Waals surface area contributed by atoms with Crippen LogP contribution in [0.5, 0.6) is 0 Å². The Kier molecular flexibility index (Phi) is 4.22. The first-order valence-electron chi connectivity index (χ1n) is 6.30. The second kappa shape index (κ2) is 6.10. The highest BCUT2D eigenvalue weighted by Gasteiger charge is 2.23. The molecule has 0 aliphatic rings. The molecule has 2 aromatic rings. The van der Waals surface area contributed by atoms with Crippen molar-refractivity contribution >= 4 is 23.7 Å². The van der Waals surface area contributed by atoms with Crippen LogP contribution in [0, 0.1) is 0 Å². The van der Waals surface area contributed by atoms with Gasteiger partial charge in [-0.25, -0.2) is 14.4 Å². The minimum atomic E-state index is -1.42. The van der Waals surface area contributed by atoms with Crippen LogP contribution in [0.25, 0.3) is 0 Å². The average Bonchev–Trinajstić information content (AvgIpc) is 2.53. The Bertz CT molecular complexity index is 836. The molecule has 7 heteroatoms. The molecule has 2 aromatic carbocycles. The van der Waals surface area contributed by atoms with Gasteiger partial charge < -0.3 is 15.3 Å². The molecule has 23 heavy (non-hydrogen) atoms. The number of carboxylic acids is 3. The summed E-state index contributed by atoms with van der Waals surface area (Å²) in [5, 5.41) is 27.3. The predicted octanol–water partition coefficient (Wildman–Crippen LogP) is 2.01. The van der Waals surface area contributed by atoms with Crippen LogP contribution < -0.4 is 0 Å². The molecule has 0 amide bonds. The van der Waals surface area contributed by atoms with Crippen molar-refractivity contribution in [3.05, 3.63) is 70.3 Å². The second-order valence-electron chi connectivity index (χ2n) is 4.55. The number of rotatable bonds is 5. The standard InChI is InChI=1S/C16H10O7/c17-13(9-3-1-2-4-10(9)15(20)21)12-7-8(14(18)19)5-6-11(12)16(22)23/h1-7H,(H,18,19)(H,20,21)(H,22,23). The number of hydrogen-bond acceptors (Lipinski definition) is 4. The zero-order chi connectivity index (χ0) is 17.1. The van der Waals surface area contributed by atoms with Gasteiger partial charge in [0.15, 0.2) is 5.78 Å². The molecule has 116 valence electrons. The number of ketones is 1. The van der Waals surface area contributed by atoms with Gasteiger partial charge in [0.1, 0.15) is 0 Å². The molecule has 0 unspecified atom stereocenters. The van der Waals surface area contributed by atoms with Crippen molar-refractivity contribution in [1.82, 2.24) is 0 Å². The summed E-state index contributed by atoms with van der Waals surface area (Å²) in [4.78, 5) is 46.0. The van der Waals surface area contributed by atoms with E-state index in [-0.39, 0.29) is 22.3 Å². The highest BCUT2D eigenvalue weighted by Crippen LogP contribution is 2.20. The van der Waals surface area contributed by atoms with E-state index >= 15 is 0 Å². The first kappa shape index (κ1) is 15.9. The van der Waals surface area contributed by atoms with E-state index in [1.165, 1.54) is 24.3 Å². The van der Waals surface area contributed by atoms with Crippen molar-refractivity contribution in [2.24, 2.45) is 0 Å². The van der Waals surface area contributed by atoms with Crippen molar-refractivity contribution in [2.75, 3.05) is 0 Å². The maximum Gasteiger partial charge on any atom is 0.336 e. The van der Waals surface area contributed by atoms with Crippen molar-refractivity contribution in [2.45, 2.75) is 0 Å². The first-order valence-corrected chi connectivity index (χ1v) is 6.30. The van der Waals surface area contributed by atoms with E-state index in [9.17, 15) is 19.2 Å². The van der Waals surface area contributed by atoms with E-state index in [0.717, 1.165) is 18.2 Å². The highest BCUT2D eigenvalue weighted by atomic mass is 16.4. The van der Waals surface area contributed by atoms with Gasteiger partial charge in [-0.1, -0.05) is 18.2 Å². The molecule has 0 aliphatic carbocycles. The Morgan fingerprint density at radius 3 is 1.65 bits per heavy atom. The number of aromatic carboxylic acids is 3. The van der Waals surface area contributed by atoms with Crippen LogP contribution in [-0.4, -0.2) is 39.0 Å². The van der Waals surface area contributed by atoms with Crippen LogP contribution in [0.2, 0.25) is 0 Å². The summed E-state index contributed by atoms with van der Waals surface area (Å²) in [7, 11) is 0. The third kappa shape index (κ3) is 3.08. The Morgan fingerprint density at radius 2 is 1.13 bits per heavy atom. The Hall–Kier alpha value is -3.48. The van der Waals surface area contributed by atoms with E-state index in [2.05, 4.69) is 0 Å². The molecule has 0 spiro atoms. The Balaban J connectivity index is 2.67. The number of hydrogen-bond donors (Lipinski definition) is 3. The summed E-state index contributed by atoms with van der Waals surface area (Å²) in [5.74, 6) is -4.97. The fraction of sp³-hybridized carbons (Fsp3) is 0. The minimum absolute atomic E-state index is 0.218. The molecule has 0 radical (unpaired) electrons. The van der Waals surface area contributed by atoms with Gasteiger partial charge in [0.25, 0.3) is 0 Å². The molecular formula is C16H10O7. The molecule has 3 N–H and O–H groups in total. The second-order valence-corrected chi connectivity index (χ2v) is 4.55. The Morgan fingerprint density at radius 1 is 0.609 bits per heavy atom. The molecule has 0 saturated carbocycles. The van der Waals surface area contributed by atoms with Gasteiger partial charge in [0.05, 0.1) is 16.7 Å². The maximum atomic E-state index is 12.6. The first-order chi connectivity index (χ1) is 10.8. The number of carbonyl (C=O) groups excluding carboxylic acids is 1. The molecule has 0 saturated heterocycles. The molecular weight excluding hydrogens is 304 g/mol. The summed E-state index contributed by atoms with van der Waals surface area (Å²) >= 11 is 0. The van der Waals surface area contributed by atoms with Crippen molar-refractivity contribution < 1.29 is 34.5 Å². The van der Waals surface area contributed by atoms with Crippen LogP contribution in [0.4, 0.5) is 0 Å². The number of carbonyl (C=O) groups is 4. The largest absolute Gasteiger partial charge is 0.478 e. The molecule has 0 fully saturated rings. The topological polar surface area (TPSA) is 129 Å². The SMILES string of the molecule is O=C(O)c1ccc(C(=O)O)c(C(=O)c2ccccc2C(=O)O)c1. The van der Waals surface area contributed by atoms with Crippen molar-refractivity contribution in [3.8, 4) is 0 Å². The zero-order valence-corrected chi connectivity index (χ0v) is 11.5. The predicted molar refractivity (Wildman–Crippen MR) is 77.2 cm³/mol. The molecule has 0 aliphatic heterocycles. The Labute approximate surface area is 129 Å². The summed E-state index contributed by atoms with van der Waals surface area (Å²) < 4.78 is 0. The normalized spacial score (nSPS) is 10.1. The van der Waals surface area contributed by atoms with Gasteiger partial charge >= 0.3 is 17.9 Å². The fourth-order valence-corrected chi connectivity index (χ4v) is 2.06. The van der Waals surface area contributed by atoms with Crippen LogP contribution >= 0.6 is 0 Å². The third-order valence-corrected chi connectivity index (χ3v) is 3.14. The monoisotopic (exact) mass is 314 g/mol. The van der Waals surface area contributed by atoms with Gasteiger partial charge in [-0.05, 0) is 24.3 Å². The van der Waals surface area contributed by atoms with E-state index in [1.807, 2.05) is 0 Å². The lowest BCUT2D eigenvalue weighted by molar-refractivity contribution is 0.0678. The van der Waals surface area contributed by atoms with Crippen LogP contribution in [0.3, 0.4) is 0 Å². The summed E-state index contributed by atoms with van der Waals surface area (Å²) in [5.41, 5.74) is -1.57. The zero-order valence-electron chi connectivity index (χ0n) is 11.5. The number of carboxylic acid groups (broad SMARTS) is 3. The lowest BCUT2D eigenvalue weighted by Gasteiger charge is -2.09. The van der Waals surface area contributed by atoms with E-state index < -0.39 is 29.3 Å². The lowest BCUT2D eigenvalue weighted by atomic mass is 9.93. The van der Waals surface area contributed by atoms with E-state index in [4.69, 9.17) is 15.3 Å². The summed E-state index contributed by atoms with van der Waals surface area (Å²) in [6, 6.07) is 8.29. The third-order valence-electron chi connectivity index (χ3n) is 3.14. The molecule has 7 nitrogen and oxygen atoms in total. The molecule has 0 aromatic heterocycles. The van der Waals surface area contributed by atoms with Gasteiger partial charge in [0, 0.05) is 11.1 Å². The smallest absolute Gasteiger partial charge is 0.336 e. The average molecular weight is 314 g/mol. The van der Waals surface area contributed by atoms with Crippen molar-refractivity contribution in [3.63, 3.8) is 0 Å². The minimum Gasteiger partial charge on any atom is -0.478 e. The van der Waals surface area contributed by atoms with E-state index in [0.29, 0.717) is 0 Å². The molecule has 0 bridgehead atoms. The quantitative estimate of drug-likeness (QED) is 0.720. The summed E-state index contributed by atoms with van der Waals surface area (Å²) in [6.07, 6.45) is 0. The highest BCUT2D eigenvalue weighted by molar-refractivity contribution is 6.18. The van der Waals surface area contributed by atoms with Crippen LogP contribution in [0.1, 0.15) is 47.0 Å². The van der Waals surface area contributed by atoms with Gasteiger partial charge in [-0.15, -0.1) is 0 Å². The molecule has 0 heterocycles. The number of benzene rings is 2. The van der Waals surface area contributed by atoms with Crippen molar-refractivity contribution in [1.29, 1.82) is 0 Å². The summed E-state index contributed by atoms with van der Waals surface area (Å²) in [6.45, 7) is 0. The van der Waals surface area contributed by atoms with Crippen LogP contribution in [-0.2, 0) is 0 Å². The van der Waals surface area contributed by atoms with Crippen LogP contribution in [0.15, 0.2) is 42.5 Å². The lowest BCUT2D eigenvalue weighted by Crippen LogP contribution is -2.14. The molecule has 2 rings (SSSR count). The fourth-order valence-electron chi connectivity index (χ4n) is 2.06. The van der Waals surface area contributed by atoms with Gasteiger partial charge in [-0.2, -0.15) is 0 Å². The van der Waals surface area contributed by atoms with Gasteiger partial charge in [0.2, 0.25) is 0 Å². The van der Waals surface area contributed by atoms with Gasteiger partial charge in [-0.3, -0.25) is 4.79 Å². The molecule has 0 atom stereocenters.